The Morgan fingerprint density at radius 2 is 2.14 bits per heavy atom. The molecule has 1 aromatic carbocycles. The number of benzene rings is 1. The Bertz CT molecular complexity index is 1020. The summed E-state index contributed by atoms with van der Waals surface area (Å²) in [5.74, 6) is 2.96. The fourth-order valence-corrected chi connectivity index (χ4v) is 6.43. The van der Waals surface area contributed by atoms with Gasteiger partial charge in [-0.25, -0.2) is 0 Å². The summed E-state index contributed by atoms with van der Waals surface area (Å²) in [6, 6.07) is 6.60. The molecule has 2 saturated carbocycles. The van der Waals surface area contributed by atoms with Gasteiger partial charge in [-0.15, -0.1) is 0 Å². The fraction of sp³-hybridized carbons (Fsp3) is 0.520. The Kier molecular flexibility index (Phi) is 4.23. The van der Waals surface area contributed by atoms with E-state index in [9.17, 15) is 4.79 Å². The summed E-state index contributed by atoms with van der Waals surface area (Å²) in [5.41, 5.74) is 5.82. The number of hydrogen-bond acceptors (Lipinski definition) is 3. The van der Waals surface area contributed by atoms with Crippen LogP contribution in [0.3, 0.4) is 0 Å². The summed E-state index contributed by atoms with van der Waals surface area (Å²) in [6.45, 7) is 4.25. The first-order chi connectivity index (χ1) is 13.9. The normalized spacial score (nSPS) is 32.1. The van der Waals surface area contributed by atoms with Crippen LogP contribution < -0.4 is 4.74 Å². The van der Waals surface area contributed by atoms with Gasteiger partial charge in [0.05, 0.1) is 12.8 Å². The SMILES string of the molecule is COc1ccc2c(c1)CC[C@H]1[C@H]2CC[C@]2(C)C(=O)/C(=C/c3cn(C)nc3C)C[C@@H]12. The van der Waals surface area contributed by atoms with E-state index in [0.717, 1.165) is 48.3 Å². The van der Waals surface area contributed by atoms with Crippen LogP contribution in [0.25, 0.3) is 6.08 Å². The molecule has 1 aromatic heterocycles. The molecule has 2 aromatic rings. The van der Waals surface area contributed by atoms with Gasteiger partial charge in [-0.2, -0.15) is 5.10 Å². The van der Waals surface area contributed by atoms with Crippen molar-refractivity contribution in [3.63, 3.8) is 0 Å². The van der Waals surface area contributed by atoms with Crippen molar-refractivity contribution in [2.24, 2.45) is 24.3 Å². The van der Waals surface area contributed by atoms with Crippen molar-refractivity contribution in [3.8, 4) is 5.75 Å². The van der Waals surface area contributed by atoms with Gasteiger partial charge in [0.1, 0.15) is 5.75 Å². The number of fused-ring (bicyclic) bond motifs is 5. The summed E-state index contributed by atoms with van der Waals surface area (Å²) < 4.78 is 7.27. The van der Waals surface area contributed by atoms with Crippen molar-refractivity contribution >= 4 is 11.9 Å². The van der Waals surface area contributed by atoms with Crippen molar-refractivity contribution < 1.29 is 9.53 Å². The van der Waals surface area contributed by atoms with Gasteiger partial charge in [-0.3, -0.25) is 9.48 Å². The van der Waals surface area contributed by atoms with Gasteiger partial charge >= 0.3 is 0 Å². The number of rotatable bonds is 2. The van der Waals surface area contributed by atoms with E-state index in [1.165, 1.54) is 17.5 Å². The maximum absolute atomic E-state index is 13.5. The Labute approximate surface area is 173 Å². The second-order valence-electron chi connectivity index (χ2n) is 9.48. The number of ketones is 1. The molecule has 0 bridgehead atoms. The molecule has 0 N–H and O–H groups in total. The summed E-state index contributed by atoms with van der Waals surface area (Å²) in [4.78, 5) is 13.5. The van der Waals surface area contributed by atoms with Crippen LogP contribution in [0.2, 0.25) is 0 Å². The van der Waals surface area contributed by atoms with E-state index in [4.69, 9.17) is 4.74 Å². The quantitative estimate of drug-likeness (QED) is 0.688. The van der Waals surface area contributed by atoms with Crippen molar-refractivity contribution in [1.82, 2.24) is 9.78 Å². The zero-order valence-corrected chi connectivity index (χ0v) is 17.9. The molecular weight excluding hydrogens is 360 g/mol. The van der Waals surface area contributed by atoms with Gasteiger partial charge in [-0.1, -0.05) is 13.0 Å². The largest absolute Gasteiger partial charge is 0.497 e. The van der Waals surface area contributed by atoms with Crippen LogP contribution in [-0.4, -0.2) is 22.7 Å². The molecule has 0 radical (unpaired) electrons. The molecule has 0 amide bonds. The van der Waals surface area contributed by atoms with E-state index >= 15 is 0 Å². The lowest BCUT2D eigenvalue weighted by Gasteiger charge is -2.48. The van der Waals surface area contributed by atoms with Crippen LogP contribution in [-0.2, 0) is 18.3 Å². The predicted octanol–water partition coefficient (Wildman–Crippen LogP) is 4.86. The Balaban J connectivity index is 1.48. The van der Waals surface area contributed by atoms with E-state index in [1.807, 2.05) is 24.9 Å². The molecule has 2 fully saturated rings. The number of Topliss-reactive ketones (excluding diaryl/α,β-unsaturated/α-hetero) is 1. The second-order valence-corrected chi connectivity index (χ2v) is 9.48. The minimum atomic E-state index is -0.201. The first-order valence-corrected chi connectivity index (χ1v) is 10.8. The van der Waals surface area contributed by atoms with Crippen LogP contribution >= 0.6 is 0 Å². The lowest BCUT2D eigenvalue weighted by molar-refractivity contribution is -0.127. The molecule has 4 nitrogen and oxygen atoms in total. The topological polar surface area (TPSA) is 44.1 Å². The van der Waals surface area contributed by atoms with Gasteiger partial charge in [0, 0.05) is 24.2 Å². The standard InChI is InChI=1S/C25H30N2O2/c1-15-18(14-27(3)26-15)11-17-13-23-22-7-5-16-12-19(29-4)6-8-20(16)21(22)9-10-25(23,2)24(17)28/h6,8,11-12,14,21-23H,5,7,9-10,13H2,1-4H3/b17-11+/t21-,22-,23-,25-/m0/s1. The van der Waals surface area contributed by atoms with E-state index in [0.29, 0.717) is 23.5 Å². The third-order valence-corrected chi connectivity index (χ3v) is 7.95. The molecular formula is C25H30N2O2. The average molecular weight is 391 g/mol. The second kappa shape index (κ2) is 6.58. The minimum Gasteiger partial charge on any atom is -0.497 e. The number of carbonyl (C=O) groups is 1. The van der Waals surface area contributed by atoms with Gasteiger partial charge in [0.2, 0.25) is 0 Å². The van der Waals surface area contributed by atoms with Crippen molar-refractivity contribution in [2.75, 3.05) is 7.11 Å². The van der Waals surface area contributed by atoms with E-state index < -0.39 is 0 Å². The monoisotopic (exact) mass is 390 g/mol. The fourth-order valence-electron chi connectivity index (χ4n) is 6.43. The Morgan fingerprint density at radius 1 is 1.31 bits per heavy atom. The third kappa shape index (κ3) is 2.79. The number of ether oxygens (including phenoxy) is 1. The van der Waals surface area contributed by atoms with Crippen LogP contribution in [0.4, 0.5) is 0 Å². The minimum absolute atomic E-state index is 0.201. The molecule has 29 heavy (non-hydrogen) atoms. The Hall–Kier alpha value is -2.36. The van der Waals surface area contributed by atoms with E-state index in [-0.39, 0.29) is 5.41 Å². The number of allylic oxidation sites excluding steroid dienone is 1. The van der Waals surface area contributed by atoms with Gasteiger partial charge in [0.25, 0.3) is 0 Å². The Morgan fingerprint density at radius 3 is 2.86 bits per heavy atom. The number of carbonyl (C=O) groups excluding carboxylic acids is 1. The highest BCUT2D eigenvalue weighted by Crippen LogP contribution is 2.60. The lowest BCUT2D eigenvalue weighted by Crippen LogP contribution is -2.42. The number of methoxy groups -OCH3 is 1. The maximum Gasteiger partial charge on any atom is 0.165 e. The zero-order valence-electron chi connectivity index (χ0n) is 17.9. The molecule has 4 heteroatoms. The van der Waals surface area contributed by atoms with Crippen molar-refractivity contribution in [1.29, 1.82) is 0 Å². The average Bonchev–Trinajstić information content (AvgIpc) is 3.17. The smallest absolute Gasteiger partial charge is 0.165 e. The van der Waals surface area contributed by atoms with Gasteiger partial charge < -0.3 is 4.74 Å². The van der Waals surface area contributed by atoms with Gasteiger partial charge in [0.15, 0.2) is 5.78 Å². The van der Waals surface area contributed by atoms with Crippen LogP contribution in [0.15, 0.2) is 30.0 Å². The predicted molar refractivity (Wildman–Crippen MR) is 114 cm³/mol. The van der Waals surface area contributed by atoms with Gasteiger partial charge in [-0.05, 0) is 91.7 Å². The highest BCUT2D eigenvalue weighted by atomic mass is 16.5. The lowest BCUT2D eigenvalue weighted by atomic mass is 9.55. The molecule has 3 aliphatic rings. The first kappa shape index (κ1) is 18.7. The van der Waals surface area contributed by atoms with Crippen molar-refractivity contribution in [3.05, 3.63) is 52.4 Å². The van der Waals surface area contributed by atoms with Crippen molar-refractivity contribution in [2.45, 2.75) is 51.9 Å². The highest BCUT2D eigenvalue weighted by Gasteiger charge is 2.56. The third-order valence-electron chi connectivity index (χ3n) is 7.95. The number of nitrogens with zero attached hydrogens (tertiary/aromatic N) is 2. The number of aromatic nitrogens is 2. The summed E-state index contributed by atoms with van der Waals surface area (Å²) in [6.07, 6.45) is 9.43. The van der Waals surface area contributed by atoms with E-state index in [2.05, 4.69) is 36.3 Å². The zero-order chi connectivity index (χ0) is 20.3. The molecule has 152 valence electrons. The first-order valence-electron chi connectivity index (χ1n) is 10.8. The van der Waals surface area contributed by atoms with Crippen LogP contribution in [0, 0.1) is 24.2 Å². The molecule has 0 spiro atoms. The molecule has 1 heterocycles. The highest BCUT2D eigenvalue weighted by molar-refractivity contribution is 6.06. The summed E-state index contributed by atoms with van der Waals surface area (Å²) >= 11 is 0. The molecule has 0 saturated heterocycles. The molecule has 0 aliphatic heterocycles. The van der Waals surface area contributed by atoms with E-state index in [1.54, 1.807) is 7.11 Å². The summed E-state index contributed by atoms with van der Waals surface area (Å²) in [7, 11) is 3.67. The van der Waals surface area contributed by atoms with Crippen LogP contribution in [0.1, 0.15) is 60.9 Å². The molecule has 5 rings (SSSR count). The maximum atomic E-state index is 13.5. The molecule has 4 atom stereocenters. The van der Waals surface area contributed by atoms with Crippen LogP contribution in [0.5, 0.6) is 5.75 Å². The number of aryl methyl sites for hydroxylation is 3. The molecule has 3 aliphatic carbocycles. The number of hydrogen-bond donors (Lipinski definition) is 0. The molecule has 0 unspecified atom stereocenters. The summed E-state index contributed by atoms with van der Waals surface area (Å²) in [5, 5.41) is 4.44.